The lowest BCUT2D eigenvalue weighted by Gasteiger charge is -2.19. The zero-order valence-corrected chi connectivity index (χ0v) is 15.1. The number of nitrogens with zero attached hydrogens (tertiary/aromatic N) is 3. The number of benzene rings is 1. The molecule has 1 unspecified atom stereocenters. The van der Waals surface area contributed by atoms with Crippen molar-refractivity contribution in [1.29, 1.82) is 0 Å². The Morgan fingerprint density at radius 3 is 2.68 bits per heavy atom. The number of aromatic nitrogens is 1. The van der Waals surface area contributed by atoms with E-state index >= 15 is 0 Å². The lowest BCUT2D eigenvalue weighted by Crippen LogP contribution is -2.38. The molecule has 2 N–H and O–H groups in total. The molecule has 0 amide bonds. The first-order chi connectivity index (χ1) is 12.3. The molecule has 1 aliphatic rings. The maximum atomic E-state index is 4.51. The van der Waals surface area contributed by atoms with Gasteiger partial charge >= 0.3 is 0 Å². The molecule has 0 spiro atoms. The van der Waals surface area contributed by atoms with Crippen LogP contribution in [0.4, 0.5) is 5.82 Å². The Balaban J connectivity index is 1.57. The third-order valence-electron chi connectivity index (χ3n) is 4.58. The molecule has 2 heterocycles. The van der Waals surface area contributed by atoms with E-state index in [0.29, 0.717) is 0 Å². The van der Waals surface area contributed by atoms with Gasteiger partial charge in [0.25, 0.3) is 0 Å². The Morgan fingerprint density at radius 2 is 1.96 bits per heavy atom. The fraction of sp³-hybridized carbons (Fsp3) is 0.400. The molecule has 25 heavy (non-hydrogen) atoms. The molecule has 1 aromatic carbocycles. The average Bonchev–Trinajstić information content (AvgIpc) is 3.21. The molecule has 1 saturated heterocycles. The van der Waals surface area contributed by atoms with Crippen LogP contribution in [0.1, 0.15) is 36.9 Å². The highest BCUT2D eigenvalue weighted by molar-refractivity contribution is 5.80. The molecule has 1 aliphatic heterocycles. The summed E-state index contributed by atoms with van der Waals surface area (Å²) < 4.78 is 0. The number of hydrogen-bond acceptors (Lipinski definition) is 3. The smallest absolute Gasteiger partial charge is 0.191 e. The Hall–Kier alpha value is -2.56. The van der Waals surface area contributed by atoms with Gasteiger partial charge in [0.05, 0.1) is 6.04 Å². The number of guanidine groups is 1. The quantitative estimate of drug-likeness (QED) is 0.650. The predicted molar refractivity (Wildman–Crippen MR) is 104 cm³/mol. The van der Waals surface area contributed by atoms with Crippen LogP contribution in [0.15, 0.2) is 53.7 Å². The van der Waals surface area contributed by atoms with Gasteiger partial charge in [0.15, 0.2) is 5.96 Å². The minimum atomic E-state index is 0.199. The molecule has 1 aromatic heterocycles. The van der Waals surface area contributed by atoms with Crippen molar-refractivity contribution in [3.63, 3.8) is 0 Å². The molecular weight excluding hydrogens is 310 g/mol. The summed E-state index contributed by atoms with van der Waals surface area (Å²) in [5, 5.41) is 6.83. The molecule has 132 valence electrons. The summed E-state index contributed by atoms with van der Waals surface area (Å²) in [5.74, 6) is 1.88. The molecular formula is C20H27N5. The number of anilines is 1. The van der Waals surface area contributed by atoms with E-state index in [4.69, 9.17) is 0 Å². The van der Waals surface area contributed by atoms with Gasteiger partial charge in [-0.2, -0.15) is 0 Å². The molecule has 0 saturated carbocycles. The summed E-state index contributed by atoms with van der Waals surface area (Å²) >= 11 is 0. The van der Waals surface area contributed by atoms with Crippen LogP contribution in [0.2, 0.25) is 0 Å². The van der Waals surface area contributed by atoms with Crippen molar-refractivity contribution in [2.45, 2.75) is 32.4 Å². The van der Waals surface area contributed by atoms with Gasteiger partial charge in [0, 0.05) is 32.9 Å². The van der Waals surface area contributed by atoms with E-state index in [1.165, 1.54) is 24.0 Å². The predicted octanol–water partition coefficient (Wildman–Crippen LogP) is 3.11. The molecule has 5 heteroatoms. The van der Waals surface area contributed by atoms with Crippen molar-refractivity contribution in [2.75, 3.05) is 25.0 Å². The maximum Gasteiger partial charge on any atom is 0.191 e. The van der Waals surface area contributed by atoms with Crippen molar-refractivity contribution in [2.24, 2.45) is 4.99 Å². The number of nitrogens with one attached hydrogen (secondary N) is 2. The highest BCUT2D eigenvalue weighted by Gasteiger charge is 2.13. The van der Waals surface area contributed by atoms with Gasteiger partial charge in [-0.15, -0.1) is 0 Å². The van der Waals surface area contributed by atoms with E-state index < -0.39 is 0 Å². The molecule has 1 atom stereocenters. The molecule has 0 bridgehead atoms. The second kappa shape index (κ2) is 8.51. The first-order valence-corrected chi connectivity index (χ1v) is 8.98. The summed E-state index contributed by atoms with van der Waals surface area (Å²) in [6.07, 6.45) is 4.42. The Kier molecular flexibility index (Phi) is 5.88. The standard InChI is InChI=1S/C20H27N5/c1-16(18-8-4-3-5-9-18)24-20(21-2)23-15-17-10-11-22-19(14-17)25-12-6-7-13-25/h3-5,8-11,14,16H,6-7,12-13,15H2,1-2H3,(H2,21,23,24). The van der Waals surface area contributed by atoms with Crippen LogP contribution in [0.5, 0.6) is 0 Å². The van der Waals surface area contributed by atoms with E-state index in [1.807, 2.05) is 12.3 Å². The summed E-state index contributed by atoms with van der Waals surface area (Å²) in [6.45, 7) is 5.09. The van der Waals surface area contributed by atoms with Crippen LogP contribution < -0.4 is 15.5 Å². The summed E-state index contributed by atoms with van der Waals surface area (Å²) in [4.78, 5) is 11.2. The van der Waals surface area contributed by atoms with Gasteiger partial charge in [-0.25, -0.2) is 4.98 Å². The van der Waals surface area contributed by atoms with Crippen molar-refractivity contribution < 1.29 is 0 Å². The van der Waals surface area contributed by atoms with E-state index in [2.05, 4.69) is 68.8 Å². The van der Waals surface area contributed by atoms with Gasteiger partial charge in [-0.05, 0) is 43.0 Å². The summed E-state index contributed by atoms with van der Waals surface area (Å²) in [6, 6.07) is 14.8. The van der Waals surface area contributed by atoms with Crippen molar-refractivity contribution >= 4 is 11.8 Å². The van der Waals surface area contributed by atoms with Crippen LogP contribution >= 0.6 is 0 Å². The Labute approximate surface area is 150 Å². The SMILES string of the molecule is CN=C(NCc1ccnc(N2CCCC2)c1)NC(C)c1ccccc1. The van der Waals surface area contributed by atoms with Gasteiger partial charge < -0.3 is 15.5 Å². The fourth-order valence-corrected chi connectivity index (χ4v) is 3.10. The number of pyridine rings is 1. The molecule has 3 rings (SSSR count). The van der Waals surface area contributed by atoms with E-state index in [9.17, 15) is 0 Å². The lowest BCUT2D eigenvalue weighted by molar-refractivity contribution is 0.685. The Morgan fingerprint density at radius 1 is 1.20 bits per heavy atom. The number of hydrogen-bond donors (Lipinski definition) is 2. The first-order valence-electron chi connectivity index (χ1n) is 8.98. The topological polar surface area (TPSA) is 52.6 Å². The zero-order chi connectivity index (χ0) is 17.5. The lowest BCUT2D eigenvalue weighted by atomic mass is 10.1. The maximum absolute atomic E-state index is 4.51. The van der Waals surface area contributed by atoms with Crippen LogP contribution in [0.25, 0.3) is 0 Å². The third-order valence-corrected chi connectivity index (χ3v) is 4.58. The second-order valence-corrected chi connectivity index (χ2v) is 6.42. The highest BCUT2D eigenvalue weighted by Crippen LogP contribution is 2.18. The van der Waals surface area contributed by atoms with E-state index in [0.717, 1.165) is 31.4 Å². The molecule has 2 aromatic rings. The van der Waals surface area contributed by atoms with Crippen molar-refractivity contribution in [1.82, 2.24) is 15.6 Å². The molecule has 5 nitrogen and oxygen atoms in total. The monoisotopic (exact) mass is 337 g/mol. The van der Waals surface area contributed by atoms with Crippen molar-refractivity contribution in [3.8, 4) is 0 Å². The first kappa shape index (κ1) is 17.3. The normalized spacial score (nSPS) is 15.9. The third kappa shape index (κ3) is 4.72. The molecule has 1 fully saturated rings. The fourth-order valence-electron chi connectivity index (χ4n) is 3.10. The van der Waals surface area contributed by atoms with Crippen LogP contribution in [0, 0.1) is 0 Å². The number of aliphatic imine (C=N–C) groups is 1. The van der Waals surface area contributed by atoms with E-state index in [-0.39, 0.29) is 6.04 Å². The van der Waals surface area contributed by atoms with Crippen molar-refractivity contribution in [3.05, 3.63) is 59.8 Å². The Bertz CT molecular complexity index is 692. The average molecular weight is 337 g/mol. The minimum Gasteiger partial charge on any atom is -0.357 e. The van der Waals surface area contributed by atoms with Crippen LogP contribution in [0.3, 0.4) is 0 Å². The molecule has 0 aliphatic carbocycles. The summed E-state index contributed by atoms with van der Waals surface area (Å²) in [7, 11) is 1.80. The number of rotatable bonds is 5. The van der Waals surface area contributed by atoms with Gasteiger partial charge in [-0.3, -0.25) is 4.99 Å². The minimum absolute atomic E-state index is 0.199. The van der Waals surface area contributed by atoms with Crippen LogP contribution in [-0.4, -0.2) is 31.1 Å². The van der Waals surface area contributed by atoms with E-state index in [1.54, 1.807) is 7.05 Å². The molecule has 0 radical (unpaired) electrons. The summed E-state index contributed by atoms with van der Waals surface area (Å²) in [5.41, 5.74) is 2.46. The zero-order valence-electron chi connectivity index (χ0n) is 15.1. The second-order valence-electron chi connectivity index (χ2n) is 6.42. The van der Waals surface area contributed by atoms with Gasteiger partial charge in [-0.1, -0.05) is 30.3 Å². The van der Waals surface area contributed by atoms with Gasteiger partial charge in [0.2, 0.25) is 0 Å². The van der Waals surface area contributed by atoms with Crippen LogP contribution in [-0.2, 0) is 6.54 Å². The van der Waals surface area contributed by atoms with Gasteiger partial charge in [0.1, 0.15) is 5.82 Å². The highest BCUT2D eigenvalue weighted by atomic mass is 15.2. The largest absolute Gasteiger partial charge is 0.357 e.